The van der Waals surface area contributed by atoms with Gasteiger partial charge >= 0.3 is 0 Å². The van der Waals surface area contributed by atoms with E-state index in [1.165, 1.54) is 35.0 Å². The van der Waals surface area contributed by atoms with Gasteiger partial charge in [0.25, 0.3) is 0 Å². The molecule has 1 aliphatic carbocycles. The number of thiazole rings is 1. The van der Waals surface area contributed by atoms with Crippen molar-refractivity contribution in [2.45, 2.75) is 38.6 Å². The highest BCUT2D eigenvalue weighted by atomic mass is 32.1. The lowest BCUT2D eigenvalue weighted by Crippen LogP contribution is -2.36. The smallest absolute Gasteiger partial charge is 0.232 e. The normalized spacial score (nSPS) is 13.3. The average molecular weight is 589 g/mol. The highest BCUT2D eigenvalue weighted by Crippen LogP contribution is 2.34. The first-order valence-corrected chi connectivity index (χ1v) is 15.5. The van der Waals surface area contributed by atoms with Gasteiger partial charge in [-0.25, -0.2) is 14.4 Å². The minimum absolute atomic E-state index is 0.0122. The lowest BCUT2D eigenvalue weighted by Gasteiger charge is -2.27. The molecular formula is C36H33FN4OS. The average Bonchev–Trinajstić information content (AvgIpc) is 3.74. The lowest BCUT2D eigenvalue weighted by atomic mass is 9.88. The van der Waals surface area contributed by atoms with E-state index < -0.39 is 0 Å². The fraction of sp³-hybridized carbons (Fsp3) is 0.194. The Bertz CT molecular complexity index is 1730. The molecule has 7 rings (SSSR count). The number of anilines is 1. The largest absolute Gasteiger partial charge is 0.306 e. The standard InChI is InChI=1S/C24H23FN4OS.C12H10/c25-20-12-7-13-21-22(20)31-24(27-21)29(23(30)17-8-3-1-4-9-17)15-18-14-28(16-26-18)19-10-5-2-6-11-19;1-3-7-11(8-4-1)12-9-5-2-6-10-12/h2,5-7,10-14,16-17H,1,3-4,8-9,15H2;1-10H. The van der Waals surface area contributed by atoms with Gasteiger partial charge in [0.05, 0.1) is 28.8 Å². The summed E-state index contributed by atoms with van der Waals surface area (Å²) in [7, 11) is 0. The van der Waals surface area contributed by atoms with E-state index in [4.69, 9.17) is 0 Å². The molecule has 0 atom stereocenters. The number of amides is 1. The van der Waals surface area contributed by atoms with Crippen LogP contribution in [0.2, 0.25) is 0 Å². The fourth-order valence-corrected chi connectivity index (χ4v) is 6.41. The molecule has 7 heteroatoms. The van der Waals surface area contributed by atoms with Crippen LogP contribution in [0.15, 0.2) is 122 Å². The molecule has 0 unspecified atom stereocenters. The lowest BCUT2D eigenvalue weighted by molar-refractivity contribution is -0.123. The van der Waals surface area contributed by atoms with E-state index in [1.807, 2.05) is 53.2 Å². The molecule has 1 aliphatic rings. The fourth-order valence-electron chi connectivity index (χ4n) is 5.44. The molecule has 0 bridgehead atoms. The van der Waals surface area contributed by atoms with Gasteiger partial charge in [-0.1, -0.05) is 116 Å². The number of nitrogens with zero attached hydrogens (tertiary/aromatic N) is 4. The van der Waals surface area contributed by atoms with Gasteiger partial charge in [-0.05, 0) is 48.2 Å². The Morgan fingerprint density at radius 3 is 2.07 bits per heavy atom. The Morgan fingerprint density at radius 1 is 0.814 bits per heavy atom. The highest BCUT2D eigenvalue weighted by Gasteiger charge is 2.29. The van der Waals surface area contributed by atoms with Crippen molar-refractivity contribution >= 4 is 32.6 Å². The van der Waals surface area contributed by atoms with Crippen molar-refractivity contribution in [2.24, 2.45) is 5.92 Å². The summed E-state index contributed by atoms with van der Waals surface area (Å²) in [4.78, 5) is 24.3. The van der Waals surface area contributed by atoms with Gasteiger partial charge in [-0.15, -0.1) is 0 Å². The molecule has 216 valence electrons. The third-order valence-corrected chi connectivity index (χ3v) is 8.80. The molecule has 2 heterocycles. The van der Waals surface area contributed by atoms with Gasteiger partial charge in [0.15, 0.2) is 5.13 Å². The first-order chi connectivity index (χ1) is 21.2. The molecule has 6 aromatic rings. The number of benzene rings is 4. The number of imidazole rings is 1. The number of fused-ring (bicyclic) bond motifs is 1. The van der Waals surface area contributed by atoms with Crippen LogP contribution in [0.3, 0.4) is 0 Å². The summed E-state index contributed by atoms with van der Waals surface area (Å²) >= 11 is 1.23. The molecule has 2 aromatic heterocycles. The molecule has 5 nitrogen and oxygen atoms in total. The maximum Gasteiger partial charge on any atom is 0.232 e. The van der Waals surface area contributed by atoms with Gasteiger partial charge in [-0.3, -0.25) is 9.69 Å². The third-order valence-electron chi connectivity index (χ3n) is 7.70. The zero-order valence-corrected chi connectivity index (χ0v) is 24.7. The molecular weight excluding hydrogens is 555 g/mol. The quantitative estimate of drug-likeness (QED) is 0.195. The number of carbonyl (C=O) groups excluding carboxylic acids is 1. The van der Waals surface area contributed by atoms with Crippen LogP contribution in [0.5, 0.6) is 0 Å². The summed E-state index contributed by atoms with van der Waals surface area (Å²) in [5, 5.41) is 0.532. The Morgan fingerprint density at radius 2 is 1.44 bits per heavy atom. The number of para-hydroxylation sites is 1. The molecule has 1 fully saturated rings. The van der Waals surface area contributed by atoms with Crippen LogP contribution in [-0.2, 0) is 11.3 Å². The van der Waals surface area contributed by atoms with Crippen LogP contribution in [0.4, 0.5) is 9.52 Å². The number of hydrogen-bond donors (Lipinski definition) is 0. The minimum atomic E-state index is -0.306. The number of rotatable bonds is 6. The van der Waals surface area contributed by atoms with E-state index in [0.29, 0.717) is 21.9 Å². The van der Waals surface area contributed by atoms with E-state index in [9.17, 15) is 9.18 Å². The SMILES string of the molecule is O=C(C1CCCCC1)N(Cc1cn(-c2ccccc2)cn1)c1nc2cccc(F)c2s1.c1ccc(-c2ccccc2)cc1. The van der Waals surface area contributed by atoms with Crippen LogP contribution in [0.1, 0.15) is 37.8 Å². The first kappa shape index (κ1) is 28.5. The van der Waals surface area contributed by atoms with Crippen molar-refractivity contribution in [3.63, 3.8) is 0 Å². The summed E-state index contributed by atoms with van der Waals surface area (Å²) in [6.07, 6.45) is 8.80. The van der Waals surface area contributed by atoms with Gasteiger partial charge in [-0.2, -0.15) is 0 Å². The molecule has 0 saturated heterocycles. The number of aromatic nitrogens is 3. The van der Waals surface area contributed by atoms with Crippen molar-refractivity contribution in [2.75, 3.05) is 4.90 Å². The second-order valence-electron chi connectivity index (χ2n) is 10.7. The molecule has 0 N–H and O–H groups in total. The van der Waals surface area contributed by atoms with Crippen LogP contribution in [-0.4, -0.2) is 20.4 Å². The van der Waals surface area contributed by atoms with E-state index in [2.05, 4.69) is 58.5 Å². The van der Waals surface area contributed by atoms with Crippen molar-refractivity contribution in [1.29, 1.82) is 0 Å². The predicted octanol–water partition coefficient (Wildman–Crippen LogP) is 9.09. The van der Waals surface area contributed by atoms with Crippen LogP contribution < -0.4 is 4.90 Å². The monoisotopic (exact) mass is 588 g/mol. The Balaban J connectivity index is 0.000000229. The molecule has 4 aromatic carbocycles. The molecule has 1 amide bonds. The van der Waals surface area contributed by atoms with Gasteiger partial charge in [0.1, 0.15) is 5.82 Å². The molecule has 0 spiro atoms. The maximum absolute atomic E-state index is 14.3. The zero-order chi connectivity index (χ0) is 29.4. The number of halogens is 1. The summed E-state index contributed by atoms with van der Waals surface area (Å²) in [5.74, 6) is -0.255. The highest BCUT2D eigenvalue weighted by molar-refractivity contribution is 7.22. The third kappa shape index (κ3) is 6.89. The Labute approximate surface area is 255 Å². The van der Waals surface area contributed by atoms with Crippen LogP contribution in [0.25, 0.3) is 27.0 Å². The van der Waals surface area contributed by atoms with E-state index in [1.54, 1.807) is 23.4 Å². The number of carbonyl (C=O) groups is 1. The van der Waals surface area contributed by atoms with Crippen LogP contribution >= 0.6 is 11.3 Å². The van der Waals surface area contributed by atoms with Crippen molar-refractivity contribution in [3.8, 4) is 16.8 Å². The summed E-state index contributed by atoms with van der Waals surface area (Å²) in [6.45, 7) is 0.316. The first-order valence-electron chi connectivity index (χ1n) is 14.7. The molecule has 43 heavy (non-hydrogen) atoms. The predicted molar refractivity (Wildman–Crippen MR) is 173 cm³/mol. The topological polar surface area (TPSA) is 51.0 Å². The summed E-state index contributed by atoms with van der Waals surface area (Å²) in [5.41, 5.74) is 4.91. The van der Waals surface area contributed by atoms with Crippen LogP contribution in [0, 0.1) is 11.7 Å². The molecule has 0 aliphatic heterocycles. The van der Waals surface area contributed by atoms with Crippen molar-refractivity contribution in [3.05, 3.63) is 133 Å². The Hall–Kier alpha value is -4.62. The van der Waals surface area contributed by atoms with Crippen molar-refractivity contribution < 1.29 is 9.18 Å². The maximum atomic E-state index is 14.3. The summed E-state index contributed by atoms with van der Waals surface area (Å²) in [6, 6.07) is 35.6. The Kier molecular flexibility index (Phi) is 8.99. The van der Waals surface area contributed by atoms with Gasteiger partial charge in [0.2, 0.25) is 5.91 Å². The summed E-state index contributed by atoms with van der Waals surface area (Å²) < 4.78 is 16.7. The van der Waals surface area contributed by atoms with E-state index >= 15 is 0 Å². The second-order valence-corrected chi connectivity index (χ2v) is 11.7. The van der Waals surface area contributed by atoms with Gasteiger partial charge in [0, 0.05) is 17.8 Å². The molecule has 0 radical (unpaired) electrons. The molecule has 1 saturated carbocycles. The minimum Gasteiger partial charge on any atom is -0.306 e. The van der Waals surface area contributed by atoms with Gasteiger partial charge < -0.3 is 4.57 Å². The zero-order valence-electron chi connectivity index (χ0n) is 23.9. The van der Waals surface area contributed by atoms with Crippen molar-refractivity contribution in [1.82, 2.24) is 14.5 Å². The number of hydrogen-bond acceptors (Lipinski definition) is 4. The van der Waals surface area contributed by atoms with E-state index in [-0.39, 0.29) is 17.6 Å². The van der Waals surface area contributed by atoms with E-state index in [0.717, 1.165) is 37.1 Å². The second kappa shape index (κ2) is 13.6.